The highest BCUT2D eigenvalue weighted by molar-refractivity contribution is 7.92. The largest absolute Gasteiger partial charge is 0.317 e. The zero-order chi connectivity index (χ0) is 14.9. The second-order valence-corrected chi connectivity index (χ2v) is 6.83. The van der Waals surface area contributed by atoms with Gasteiger partial charge < -0.3 is 5.32 Å². The van der Waals surface area contributed by atoms with Crippen LogP contribution in [0.1, 0.15) is 18.9 Å². The van der Waals surface area contributed by atoms with Crippen molar-refractivity contribution in [3.63, 3.8) is 0 Å². The summed E-state index contributed by atoms with van der Waals surface area (Å²) in [5.41, 5.74) is 0.470. The van der Waals surface area contributed by atoms with E-state index < -0.39 is 10.0 Å². The molecule has 1 saturated heterocycles. The van der Waals surface area contributed by atoms with Gasteiger partial charge in [-0.2, -0.15) is 10.2 Å². The first-order chi connectivity index (χ1) is 10.0. The Morgan fingerprint density at radius 2 is 2.00 bits per heavy atom. The number of hydrogen-bond donors (Lipinski definition) is 2. The van der Waals surface area contributed by atoms with Gasteiger partial charge in [0.15, 0.2) is 0 Å². The summed E-state index contributed by atoms with van der Waals surface area (Å²) in [5, 5.41) is 11.4. The van der Waals surface area contributed by atoms with E-state index in [1.165, 1.54) is 23.3 Å². The van der Waals surface area contributed by atoms with E-state index in [9.17, 15) is 8.42 Å². The molecule has 0 atom stereocenters. The van der Waals surface area contributed by atoms with Crippen molar-refractivity contribution < 1.29 is 8.42 Å². The van der Waals surface area contributed by atoms with Crippen molar-refractivity contribution in [3.05, 3.63) is 24.8 Å². The van der Waals surface area contributed by atoms with Crippen LogP contribution in [0.4, 0.5) is 5.69 Å². The predicted molar refractivity (Wildman–Crippen MR) is 77.4 cm³/mol. The molecule has 9 heteroatoms. The lowest BCUT2D eigenvalue weighted by Crippen LogP contribution is -2.29. The van der Waals surface area contributed by atoms with E-state index in [0.717, 1.165) is 25.9 Å². The molecule has 0 aliphatic carbocycles. The monoisotopic (exact) mass is 310 g/mol. The lowest BCUT2D eigenvalue weighted by atomic mass is 10.1. The molecule has 0 amide bonds. The SMILES string of the molecule is Cn1cc(S(=O)(=O)Nc2cnn(C3CCNCC3)c2)cn1. The summed E-state index contributed by atoms with van der Waals surface area (Å²) < 4.78 is 30.2. The molecule has 1 fully saturated rings. The molecule has 1 aliphatic heterocycles. The number of rotatable bonds is 4. The Kier molecular flexibility index (Phi) is 3.68. The third-order valence-electron chi connectivity index (χ3n) is 3.53. The van der Waals surface area contributed by atoms with Gasteiger partial charge in [-0.1, -0.05) is 0 Å². The molecule has 0 radical (unpaired) electrons. The van der Waals surface area contributed by atoms with Crippen LogP contribution in [0.5, 0.6) is 0 Å². The minimum absolute atomic E-state index is 0.139. The average molecular weight is 310 g/mol. The van der Waals surface area contributed by atoms with Crippen LogP contribution in [-0.2, 0) is 17.1 Å². The van der Waals surface area contributed by atoms with E-state index in [2.05, 4.69) is 20.2 Å². The van der Waals surface area contributed by atoms with Crippen molar-refractivity contribution in [3.8, 4) is 0 Å². The van der Waals surface area contributed by atoms with E-state index in [4.69, 9.17) is 0 Å². The van der Waals surface area contributed by atoms with Crippen LogP contribution >= 0.6 is 0 Å². The highest BCUT2D eigenvalue weighted by Crippen LogP contribution is 2.21. The van der Waals surface area contributed by atoms with Crippen molar-refractivity contribution in [2.45, 2.75) is 23.8 Å². The fraction of sp³-hybridized carbons (Fsp3) is 0.500. The number of hydrogen-bond acceptors (Lipinski definition) is 5. The summed E-state index contributed by atoms with van der Waals surface area (Å²) in [6.07, 6.45) is 8.05. The van der Waals surface area contributed by atoms with Crippen molar-refractivity contribution in [2.24, 2.45) is 7.05 Å². The highest BCUT2D eigenvalue weighted by atomic mass is 32.2. The summed E-state index contributed by atoms with van der Waals surface area (Å²) in [6.45, 7) is 1.92. The first-order valence-electron chi connectivity index (χ1n) is 6.81. The number of piperidine rings is 1. The van der Waals surface area contributed by atoms with E-state index >= 15 is 0 Å². The van der Waals surface area contributed by atoms with Gasteiger partial charge in [0.1, 0.15) is 4.90 Å². The second-order valence-electron chi connectivity index (χ2n) is 5.15. The number of nitrogens with one attached hydrogen (secondary N) is 2. The average Bonchev–Trinajstić information content (AvgIpc) is 3.09. The van der Waals surface area contributed by atoms with Crippen molar-refractivity contribution in [2.75, 3.05) is 17.8 Å². The Morgan fingerprint density at radius 1 is 1.24 bits per heavy atom. The van der Waals surface area contributed by atoms with Gasteiger partial charge in [-0.3, -0.25) is 14.1 Å². The van der Waals surface area contributed by atoms with E-state index in [1.54, 1.807) is 13.2 Å². The van der Waals surface area contributed by atoms with Gasteiger partial charge in [-0.15, -0.1) is 0 Å². The molecule has 0 bridgehead atoms. The Hall–Kier alpha value is -1.87. The molecule has 1 aliphatic rings. The fourth-order valence-corrected chi connectivity index (χ4v) is 3.42. The molecule has 0 aromatic carbocycles. The van der Waals surface area contributed by atoms with Crippen molar-refractivity contribution in [1.29, 1.82) is 0 Å². The second kappa shape index (κ2) is 5.49. The summed E-state index contributed by atoms with van der Waals surface area (Å²) in [5.74, 6) is 0. The third-order valence-corrected chi connectivity index (χ3v) is 4.86. The van der Waals surface area contributed by atoms with Gasteiger partial charge >= 0.3 is 0 Å². The van der Waals surface area contributed by atoms with Crippen LogP contribution in [0.2, 0.25) is 0 Å². The molecule has 21 heavy (non-hydrogen) atoms. The van der Waals surface area contributed by atoms with Crippen molar-refractivity contribution >= 4 is 15.7 Å². The van der Waals surface area contributed by atoms with Crippen LogP contribution in [0.3, 0.4) is 0 Å². The highest BCUT2D eigenvalue weighted by Gasteiger charge is 2.19. The minimum Gasteiger partial charge on any atom is -0.317 e. The Morgan fingerprint density at radius 3 is 2.67 bits per heavy atom. The van der Waals surface area contributed by atoms with E-state index in [1.807, 2.05) is 4.68 Å². The lowest BCUT2D eigenvalue weighted by molar-refractivity contribution is 0.343. The number of aryl methyl sites for hydroxylation is 1. The molecular weight excluding hydrogens is 292 g/mol. The van der Waals surface area contributed by atoms with Crippen LogP contribution in [0, 0.1) is 0 Å². The maximum Gasteiger partial charge on any atom is 0.265 e. The maximum atomic E-state index is 12.2. The number of anilines is 1. The maximum absolute atomic E-state index is 12.2. The quantitative estimate of drug-likeness (QED) is 0.849. The summed E-state index contributed by atoms with van der Waals surface area (Å²) in [7, 11) is -1.93. The van der Waals surface area contributed by atoms with Gasteiger partial charge in [-0.25, -0.2) is 8.42 Å². The molecule has 3 rings (SSSR count). The number of sulfonamides is 1. The van der Waals surface area contributed by atoms with Crippen LogP contribution < -0.4 is 10.0 Å². The molecule has 2 aromatic rings. The summed E-state index contributed by atoms with van der Waals surface area (Å²) in [4.78, 5) is 0.139. The Balaban J connectivity index is 1.74. The van der Waals surface area contributed by atoms with Gasteiger partial charge in [-0.05, 0) is 25.9 Å². The van der Waals surface area contributed by atoms with Crippen LogP contribution in [0.25, 0.3) is 0 Å². The van der Waals surface area contributed by atoms with Crippen LogP contribution in [0.15, 0.2) is 29.7 Å². The van der Waals surface area contributed by atoms with Crippen molar-refractivity contribution in [1.82, 2.24) is 24.9 Å². The minimum atomic E-state index is -3.61. The summed E-state index contributed by atoms with van der Waals surface area (Å²) in [6, 6.07) is 0.322. The molecule has 8 nitrogen and oxygen atoms in total. The first-order valence-corrected chi connectivity index (χ1v) is 8.29. The van der Waals surface area contributed by atoms with E-state index in [-0.39, 0.29) is 4.90 Å². The van der Waals surface area contributed by atoms with E-state index in [0.29, 0.717) is 11.7 Å². The van der Waals surface area contributed by atoms with Gasteiger partial charge in [0.2, 0.25) is 0 Å². The molecule has 2 aromatic heterocycles. The molecule has 114 valence electrons. The standard InChI is InChI=1S/C12H18N6O2S/c1-17-9-12(7-14-17)21(19,20)16-10-6-15-18(8-10)11-2-4-13-5-3-11/h6-9,11,13,16H,2-5H2,1H3. The number of nitrogens with zero attached hydrogens (tertiary/aromatic N) is 4. The molecule has 0 unspecified atom stereocenters. The van der Waals surface area contributed by atoms with Crippen LogP contribution in [-0.4, -0.2) is 41.1 Å². The first kappa shape index (κ1) is 14.1. The molecule has 2 N–H and O–H groups in total. The normalized spacial score (nSPS) is 17.0. The summed E-state index contributed by atoms with van der Waals surface area (Å²) >= 11 is 0. The molecular formula is C12H18N6O2S. The topological polar surface area (TPSA) is 93.8 Å². The zero-order valence-electron chi connectivity index (χ0n) is 11.7. The predicted octanol–water partition coefficient (Wildman–Crippen LogP) is 0.342. The smallest absolute Gasteiger partial charge is 0.265 e. The Bertz CT molecular complexity index is 714. The van der Waals surface area contributed by atoms with Gasteiger partial charge in [0, 0.05) is 19.4 Å². The molecule has 0 spiro atoms. The number of aromatic nitrogens is 4. The Labute approximate surface area is 123 Å². The molecule has 0 saturated carbocycles. The fourth-order valence-electron chi connectivity index (χ4n) is 2.41. The van der Waals surface area contributed by atoms with Gasteiger partial charge in [0.25, 0.3) is 10.0 Å². The third kappa shape index (κ3) is 3.08. The van der Waals surface area contributed by atoms with Gasteiger partial charge in [0.05, 0.1) is 24.1 Å². The zero-order valence-corrected chi connectivity index (χ0v) is 12.5. The molecule has 3 heterocycles. The lowest BCUT2D eigenvalue weighted by Gasteiger charge is -2.22.